The number of H-pyrrole nitrogens is 1. The summed E-state index contributed by atoms with van der Waals surface area (Å²) in [4.78, 5) is 2.47. The first-order valence-electron chi connectivity index (χ1n) is 6.74. The van der Waals surface area contributed by atoms with Gasteiger partial charge in [0.25, 0.3) is 0 Å². The molecule has 0 saturated carbocycles. The Morgan fingerprint density at radius 2 is 2.21 bits per heavy atom. The normalized spacial score (nSPS) is 22.3. The minimum absolute atomic E-state index is 0.124. The molecule has 4 nitrogen and oxygen atoms in total. The summed E-state index contributed by atoms with van der Waals surface area (Å²) in [5.41, 5.74) is 2.49. The molecule has 19 heavy (non-hydrogen) atoms. The molecule has 1 aromatic carbocycles. The van der Waals surface area contributed by atoms with Crippen molar-refractivity contribution in [3.05, 3.63) is 53.9 Å². The fourth-order valence-electron chi connectivity index (χ4n) is 2.60. The maximum absolute atomic E-state index is 5.84. The zero-order valence-electron chi connectivity index (χ0n) is 11.1. The Morgan fingerprint density at radius 3 is 2.95 bits per heavy atom. The summed E-state index contributed by atoms with van der Waals surface area (Å²) >= 11 is 0. The number of rotatable bonds is 3. The Labute approximate surface area is 113 Å². The maximum atomic E-state index is 5.84. The predicted octanol–water partition coefficient (Wildman–Crippen LogP) is 2.54. The number of morpholine rings is 1. The van der Waals surface area contributed by atoms with E-state index >= 15 is 0 Å². The molecule has 1 N–H and O–H groups in total. The van der Waals surface area contributed by atoms with E-state index in [0.29, 0.717) is 6.04 Å². The van der Waals surface area contributed by atoms with Crippen LogP contribution in [0.5, 0.6) is 0 Å². The molecule has 2 aromatic rings. The SMILES string of the molecule is CC(c1ccccc1)N1CCOC(c2cn[nH]c2)C1. The summed E-state index contributed by atoms with van der Waals surface area (Å²) in [7, 11) is 0. The van der Waals surface area contributed by atoms with E-state index in [-0.39, 0.29) is 6.10 Å². The standard InChI is InChI=1S/C15H19N3O/c1-12(13-5-3-2-4-6-13)18-7-8-19-15(11-18)14-9-16-17-10-14/h2-6,9-10,12,15H,7-8,11H2,1H3,(H,16,17). The monoisotopic (exact) mass is 257 g/mol. The molecule has 1 fully saturated rings. The average Bonchev–Trinajstić information content (AvgIpc) is 3.02. The summed E-state index contributed by atoms with van der Waals surface area (Å²) in [6.45, 7) is 4.92. The van der Waals surface area contributed by atoms with Crippen LogP contribution in [-0.2, 0) is 4.74 Å². The third kappa shape index (κ3) is 2.69. The summed E-state index contributed by atoms with van der Waals surface area (Å²) in [5, 5.41) is 6.86. The topological polar surface area (TPSA) is 41.1 Å². The van der Waals surface area contributed by atoms with Crippen molar-refractivity contribution in [3.8, 4) is 0 Å². The molecular formula is C15H19N3O. The number of hydrogen-bond acceptors (Lipinski definition) is 3. The van der Waals surface area contributed by atoms with Gasteiger partial charge in [-0.1, -0.05) is 30.3 Å². The molecule has 1 aliphatic rings. The van der Waals surface area contributed by atoms with Crippen LogP contribution in [0.25, 0.3) is 0 Å². The molecule has 4 heteroatoms. The third-order valence-corrected chi connectivity index (χ3v) is 3.82. The van der Waals surface area contributed by atoms with E-state index in [9.17, 15) is 0 Å². The highest BCUT2D eigenvalue weighted by atomic mass is 16.5. The van der Waals surface area contributed by atoms with Crippen LogP contribution in [0.1, 0.15) is 30.2 Å². The van der Waals surface area contributed by atoms with Gasteiger partial charge in [0.15, 0.2) is 0 Å². The van der Waals surface area contributed by atoms with Crippen molar-refractivity contribution in [1.82, 2.24) is 15.1 Å². The van der Waals surface area contributed by atoms with Gasteiger partial charge in [0.2, 0.25) is 0 Å². The second-order valence-corrected chi connectivity index (χ2v) is 4.97. The lowest BCUT2D eigenvalue weighted by atomic mass is 10.0. The van der Waals surface area contributed by atoms with Crippen molar-refractivity contribution < 1.29 is 4.74 Å². The van der Waals surface area contributed by atoms with Gasteiger partial charge in [-0.3, -0.25) is 10.00 Å². The zero-order chi connectivity index (χ0) is 13.1. The van der Waals surface area contributed by atoms with E-state index in [4.69, 9.17) is 4.74 Å². The molecule has 3 rings (SSSR count). The number of aromatic amines is 1. The number of nitrogens with zero attached hydrogens (tertiary/aromatic N) is 2. The summed E-state index contributed by atoms with van der Waals surface area (Å²) in [6, 6.07) is 11.0. The minimum Gasteiger partial charge on any atom is -0.371 e. The molecule has 2 unspecified atom stereocenters. The smallest absolute Gasteiger partial charge is 0.0982 e. The van der Waals surface area contributed by atoms with Crippen LogP contribution in [-0.4, -0.2) is 34.8 Å². The fraction of sp³-hybridized carbons (Fsp3) is 0.400. The van der Waals surface area contributed by atoms with E-state index in [1.54, 1.807) is 0 Å². The van der Waals surface area contributed by atoms with Crippen LogP contribution >= 0.6 is 0 Å². The third-order valence-electron chi connectivity index (χ3n) is 3.82. The Hall–Kier alpha value is -1.65. The first-order valence-corrected chi connectivity index (χ1v) is 6.74. The molecule has 100 valence electrons. The van der Waals surface area contributed by atoms with Gasteiger partial charge in [-0.05, 0) is 12.5 Å². The number of aromatic nitrogens is 2. The molecule has 2 atom stereocenters. The van der Waals surface area contributed by atoms with Crippen molar-refractivity contribution >= 4 is 0 Å². The van der Waals surface area contributed by atoms with E-state index in [1.807, 2.05) is 12.4 Å². The van der Waals surface area contributed by atoms with E-state index in [2.05, 4.69) is 52.4 Å². The molecule has 1 saturated heterocycles. The number of nitrogens with one attached hydrogen (secondary N) is 1. The second kappa shape index (κ2) is 5.55. The molecule has 0 bridgehead atoms. The van der Waals surface area contributed by atoms with Crippen LogP contribution in [0.3, 0.4) is 0 Å². The first-order chi connectivity index (χ1) is 9.34. The van der Waals surface area contributed by atoms with E-state index in [0.717, 1.165) is 25.3 Å². The van der Waals surface area contributed by atoms with Crippen LogP contribution in [0.2, 0.25) is 0 Å². The van der Waals surface area contributed by atoms with Crippen LogP contribution in [0.4, 0.5) is 0 Å². The van der Waals surface area contributed by atoms with Gasteiger partial charge in [-0.2, -0.15) is 5.10 Å². The Morgan fingerprint density at radius 1 is 1.37 bits per heavy atom. The average molecular weight is 257 g/mol. The highest BCUT2D eigenvalue weighted by Crippen LogP contribution is 2.27. The van der Waals surface area contributed by atoms with Gasteiger partial charge in [0, 0.05) is 30.9 Å². The van der Waals surface area contributed by atoms with Crippen LogP contribution in [0.15, 0.2) is 42.7 Å². The summed E-state index contributed by atoms with van der Waals surface area (Å²) < 4.78 is 5.84. The number of benzene rings is 1. The zero-order valence-corrected chi connectivity index (χ0v) is 11.1. The first kappa shape index (κ1) is 12.4. The molecule has 1 aliphatic heterocycles. The van der Waals surface area contributed by atoms with Gasteiger partial charge >= 0.3 is 0 Å². The number of hydrogen-bond donors (Lipinski definition) is 1. The van der Waals surface area contributed by atoms with Crippen molar-refractivity contribution in [2.45, 2.75) is 19.1 Å². The Kier molecular flexibility index (Phi) is 3.62. The molecular weight excluding hydrogens is 238 g/mol. The Balaban J connectivity index is 1.71. The summed E-state index contributed by atoms with van der Waals surface area (Å²) in [6.07, 6.45) is 3.89. The minimum atomic E-state index is 0.124. The fourth-order valence-corrected chi connectivity index (χ4v) is 2.60. The molecule has 0 amide bonds. The van der Waals surface area contributed by atoms with Gasteiger partial charge in [-0.15, -0.1) is 0 Å². The van der Waals surface area contributed by atoms with E-state index < -0.39 is 0 Å². The van der Waals surface area contributed by atoms with Crippen molar-refractivity contribution in [3.63, 3.8) is 0 Å². The largest absolute Gasteiger partial charge is 0.371 e. The van der Waals surface area contributed by atoms with Gasteiger partial charge in [0.1, 0.15) is 0 Å². The second-order valence-electron chi connectivity index (χ2n) is 4.97. The van der Waals surface area contributed by atoms with Crippen LogP contribution < -0.4 is 0 Å². The highest BCUT2D eigenvalue weighted by Gasteiger charge is 2.26. The lowest BCUT2D eigenvalue weighted by molar-refractivity contribution is -0.0431. The quantitative estimate of drug-likeness (QED) is 0.918. The Bertz CT molecular complexity index is 497. The van der Waals surface area contributed by atoms with Gasteiger partial charge in [-0.25, -0.2) is 0 Å². The molecule has 2 heterocycles. The van der Waals surface area contributed by atoms with E-state index in [1.165, 1.54) is 5.56 Å². The molecule has 1 aromatic heterocycles. The predicted molar refractivity (Wildman–Crippen MR) is 73.7 cm³/mol. The van der Waals surface area contributed by atoms with Gasteiger partial charge < -0.3 is 4.74 Å². The maximum Gasteiger partial charge on any atom is 0.0982 e. The molecule has 0 aliphatic carbocycles. The lowest BCUT2D eigenvalue weighted by Gasteiger charge is -2.36. The molecule has 0 radical (unpaired) electrons. The molecule has 0 spiro atoms. The summed E-state index contributed by atoms with van der Waals surface area (Å²) in [5.74, 6) is 0. The highest BCUT2D eigenvalue weighted by molar-refractivity contribution is 5.19. The lowest BCUT2D eigenvalue weighted by Crippen LogP contribution is -2.39. The number of ether oxygens (including phenoxy) is 1. The van der Waals surface area contributed by atoms with Gasteiger partial charge in [0.05, 0.1) is 18.9 Å². The van der Waals surface area contributed by atoms with Crippen molar-refractivity contribution in [2.75, 3.05) is 19.7 Å². The van der Waals surface area contributed by atoms with Crippen molar-refractivity contribution in [2.24, 2.45) is 0 Å². The van der Waals surface area contributed by atoms with Crippen molar-refractivity contribution in [1.29, 1.82) is 0 Å². The van der Waals surface area contributed by atoms with Crippen LogP contribution in [0, 0.1) is 0 Å².